The summed E-state index contributed by atoms with van der Waals surface area (Å²) in [5.74, 6) is 0. The van der Waals surface area contributed by atoms with Gasteiger partial charge in [-0.2, -0.15) is 0 Å². The van der Waals surface area contributed by atoms with Crippen LogP contribution in [0, 0.1) is 0 Å². The fourth-order valence-corrected chi connectivity index (χ4v) is 4.26. The molecule has 0 fully saturated rings. The summed E-state index contributed by atoms with van der Waals surface area (Å²) in [4.78, 5) is 37.2. The first-order valence-corrected chi connectivity index (χ1v) is 16.5. The summed E-state index contributed by atoms with van der Waals surface area (Å²) in [5, 5.41) is 0. The summed E-state index contributed by atoms with van der Waals surface area (Å²) in [6, 6.07) is 0. The van der Waals surface area contributed by atoms with Crippen LogP contribution in [0.1, 0.15) is 142 Å². The van der Waals surface area contributed by atoms with Gasteiger partial charge < -0.3 is 28.7 Å². The summed E-state index contributed by atoms with van der Waals surface area (Å²) in [7, 11) is -8.99. The third kappa shape index (κ3) is 50.3. The Labute approximate surface area is 306 Å². The van der Waals surface area contributed by atoms with Crippen molar-refractivity contribution in [1.29, 1.82) is 0 Å². The third-order valence-electron chi connectivity index (χ3n) is 5.50. The molecule has 0 heterocycles. The number of hydrogen-bond donors (Lipinski definition) is 2. The minimum absolute atomic E-state index is 0. The maximum Gasteiger partial charge on any atom is 1.00 e. The predicted molar refractivity (Wildman–Crippen MR) is 135 cm³/mol. The van der Waals surface area contributed by atoms with E-state index in [1.165, 1.54) is 89.9 Å². The van der Waals surface area contributed by atoms with Gasteiger partial charge in [-0.15, -0.1) is 0 Å². The zero-order valence-corrected chi connectivity index (χ0v) is 31.8. The van der Waals surface area contributed by atoms with Gasteiger partial charge in [0.15, 0.2) is 0 Å². The molecule has 0 aliphatic carbocycles. The minimum Gasteiger partial charge on any atom is -0.790 e. The van der Waals surface area contributed by atoms with Gasteiger partial charge in [-0.05, 0) is 12.8 Å². The van der Waals surface area contributed by atoms with Gasteiger partial charge >= 0.3 is 111 Å². The molecule has 0 aromatic heterocycles. The predicted octanol–water partition coefficient (Wildman–Crippen LogP) is 0.777. The van der Waals surface area contributed by atoms with Crippen LogP contribution < -0.4 is 113 Å². The first kappa shape index (κ1) is 46.5. The van der Waals surface area contributed by atoms with E-state index in [0.29, 0.717) is 6.42 Å². The van der Waals surface area contributed by atoms with E-state index in [9.17, 15) is 18.9 Å². The standard InChI is InChI=1S/2C12H27O4P.2K/c2*1-2-3-4-5-6-7-8-9-10-11-12-16-17(13,14)15;;/h2*2-12H2,1H3,(H2,13,14,15);;/q;;2*+1/p-2. The van der Waals surface area contributed by atoms with Gasteiger partial charge in [-0.25, -0.2) is 4.57 Å². The molecule has 0 aliphatic rings. The SMILES string of the molecule is CCCCCCCCCCCCOP(=O)(O)O.CCCCCCCCCCCCOP(=O)([O-])[O-].[K+].[K+]. The number of unbranched alkanes of at least 4 members (excludes halogenated alkanes) is 18. The molecule has 2 N–H and O–H groups in total. The molecular weight excluding hydrogens is 556 g/mol. The van der Waals surface area contributed by atoms with Crippen molar-refractivity contribution in [3.63, 3.8) is 0 Å². The van der Waals surface area contributed by atoms with Crippen molar-refractivity contribution in [2.45, 2.75) is 142 Å². The molecule has 0 aromatic rings. The monoisotopic (exact) mass is 608 g/mol. The van der Waals surface area contributed by atoms with Crippen LogP contribution >= 0.6 is 15.6 Å². The van der Waals surface area contributed by atoms with E-state index in [1.807, 2.05) is 0 Å². The van der Waals surface area contributed by atoms with Crippen LogP contribution in [0.4, 0.5) is 0 Å². The molecule has 0 unspecified atom stereocenters. The molecule has 0 aliphatic heterocycles. The molecule has 0 radical (unpaired) electrons. The van der Waals surface area contributed by atoms with Gasteiger partial charge in [0.05, 0.1) is 21.0 Å². The van der Waals surface area contributed by atoms with E-state index < -0.39 is 15.6 Å². The Kier molecular flexibility index (Phi) is 44.8. The van der Waals surface area contributed by atoms with Crippen molar-refractivity contribution < 1.29 is 141 Å². The largest absolute Gasteiger partial charge is 1.00 e. The Morgan fingerprint density at radius 1 is 0.500 bits per heavy atom. The van der Waals surface area contributed by atoms with E-state index in [-0.39, 0.29) is 116 Å². The molecule has 0 atom stereocenters. The van der Waals surface area contributed by atoms with Gasteiger partial charge in [-0.3, -0.25) is 4.52 Å². The van der Waals surface area contributed by atoms with E-state index in [0.717, 1.165) is 32.1 Å². The van der Waals surface area contributed by atoms with Crippen LogP contribution in [0.2, 0.25) is 0 Å². The molecular formula is C24H52K2O8P2. The number of phosphoric acid groups is 2. The van der Waals surface area contributed by atoms with Gasteiger partial charge in [-0.1, -0.05) is 129 Å². The van der Waals surface area contributed by atoms with Crippen molar-refractivity contribution in [3.05, 3.63) is 0 Å². The maximum absolute atomic E-state index is 10.4. The van der Waals surface area contributed by atoms with Gasteiger partial charge in [0.1, 0.15) is 0 Å². The van der Waals surface area contributed by atoms with Crippen LogP contribution in [0.25, 0.3) is 0 Å². The summed E-state index contributed by atoms with van der Waals surface area (Å²) in [6.45, 7) is 4.64. The Bertz CT molecular complexity index is 461. The summed E-state index contributed by atoms with van der Waals surface area (Å²) < 4.78 is 29.0. The summed E-state index contributed by atoms with van der Waals surface area (Å²) >= 11 is 0. The minimum atomic E-state index is -4.74. The van der Waals surface area contributed by atoms with Crippen molar-refractivity contribution in [3.8, 4) is 0 Å². The van der Waals surface area contributed by atoms with Crippen molar-refractivity contribution in [2.24, 2.45) is 0 Å². The second kappa shape index (κ2) is 34.7. The Balaban J connectivity index is -0.000000269. The number of phosphoric ester groups is 2. The third-order valence-corrected chi connectivity index (χ3v) is 6.52. The topological polar surface area (TPSA) is 139 Å². The Morgan fingerprint density at radius 3 is 1.00 bits per heavy atom. The fraction of sp³-hybridized carbons (Fsp3) is 1.00. The fourth-order valence-electron chi connectivity index (χ4n) is 3.54. The molecule has 0 aromatic carbocycles. The van der Waals surface area contributed by atoms with Gasteiger partial charge in [0.25, 0.3) is 0 Å². The van der Waals surface area contributed by atoms with Crippen molar-refractivity contribution in [2.75, 3.05) is 13.2 Å². The second-order valence-electron chi connectivity index (χ2n) is 8.97. The van der Waals surface area contributed by atoms with Crippen molar-refractivity contribution >= 4 is 15.6 Å². The molecule has 12 heteroatoms. The van der Waals surface area contributed by atoms with E-state index >= 15 is 0 Å². The Morgan fingerprint density at radius 2 is 0.750 bits per heavy atom. The average molecular weight is 609 g/mol. The molecule has 0 bridgehead atoms. The summed E-state index contributed by atoms with van der Waals surface area (Å²) in [5.41, 5.74) is 0. The van der Waals surface area contributed by atoms with Crippen LogP contribution in [-0.2, 0) is 18.2 Å². The summed E-state index contributed by atoms with van der Waals surface area (Å²) in [6.07, 6.45) is 23.7. The Hall–Kier alpha value is 3.49. The first-order valence-electron chi connectivity index (χ1n) is 13.5. The molecule has 0 rings (SSSR count). The first-order chi connectivity index (χ1) is 16.1. The zero-order chi connectivity index (χ0) is 26.0. The van der Waals surface area contributed by atoms with E-state index in [2.05, 4.69) is 22.9 Å². The maximum atomic E-state index is 10.4. The van der Waals surface area contributed by atoms with Crippen LogP contribution in [0.5, 0.6) is 0 Å². The van der Waals surface area contributed by atoms with Crippen LogP contribution in [0.3, 0.4) is 0 Å². The van der Waals surface area contributed by atoms with E-state index in [4.69, 9.17) is 9.79 Å². The quantitative estimate of drug-likeness (QED) is 0.0931. The molecule has 36 heavy (non-hydrogen) atoms. The average Bonchev–Trinajstić information content (AvgIpc) is 2.75. The molecule has 208 valence electrons. The second-order valence-corrected chi connectivity index (χ2v) is 11.4. The zero-order valence-electron chi connectivity index (χ0n) is 23.8. The number of rotatable bonds is 24. The normalized spacial score (nSPS) is 11.3. The number of hydrogen-bond acceptors (Lipinski definition) is 6. The van der Waals surface area contributed by atoms with Gasteiger partial charge in [0.2, 0.25) is 0 Å². The molecule has 0 saturated heterocycles. The molecule has 0 spiro atoms. The van der Waals surface area contributed by atoms with Crippen LogP contribution in [-0.4, -0.2) is 23.0 Å². The van der Waals surface area contributed by atoms with Crippen LogP contribution in [0.15, 0.2) is 0 Å². The van der Waals surface area contributed by atoms with Crippen molar-refractivity contribution in [1.82, 2.24) is 0 Å². The van der Waals surface area contributed by atoms with E-state index in [1.54, 1.807) is 0 Å². The van der Waals surface area contributed by atoms with Gasteiger partial charge in [0, 0.05) is 0 Å². The smallest absolute Gasteiger partial charge is 0.790 e. The molecule has 0 saturated carbocycles. The molecule has 0 amide bonds. The molecule has 8 nitrogen and oxygen atoms in total.